The zero-order chi connectivity index (χ0) is 50.1. The van der Waals surface area contributed by atoms with E-state index in [4.69, 9.17) is 14.2 Å². The van der Waals surface area contributed by atoms with Crippen molar-refractivity contribution >= 4 is 17.8 Å². The highest BCUT2D eigenvalue weighted by atomic mass is 16.5. The predicted octanol–water partition coefficient (Wildman–Crippen LogP) is 16.2. The Bertz CT molecular complexity index is 1690. The standard InChI is InChI=1S/C61H96N2O7/c1-4-7-10-13-16-19-22-25-28-37-48-68-56-53(59(64)62-46-44-51-40-33-31-34-41-51)57(69-49-38-29-26-23-20-17-14-11-8-5-2)55(61(66)67)58(70-50-39-30-27-24-21-18-15-12-9-6-3)54(56)60(65)63-47-45-52-42-35-32-36-43-52/h31-36,40-43H,4-30,37-39,44-50H2,1-3H3,(H,62,64)(H,63,65)(H,66,67). The maximum absolute atomic E-state index is 14.8. The molecular weight excluding hydrogens is 873 g/mol. The molecule has 0 heterocycles. The van der Waals surface area contributed by atoms with Gasteiger partial charge >= 0.3 is 5.97 Å². The van der Waals surface area contributed by atoms with Crippen molar-refractivity contribution in [3.05, 3.63) is 88.5 Å². The van der Waals surface area contributed by atoms with E-state index >= 15 is 0 Å². The molecule has 0 radical (unpaired) electrons. The van der Waals surface area contributed by atoms with E-state index in [1.54, 1.807) is 0 Å². The van der Waals surface area contributed by atoms with Crippen molar-refractivity contribution in [3.8, 4) is 17.2 Å². The van der Waals surface area contributed by atoms with Crippen LogP contribution in [0.3, 0.4) is 0 Å². The molecule has 0 spiro atoms. The Labute approximate surface area is 425 Å². The first-order chi connectivity index (χ1) is 34.4. The lowest BCUT2D eigenvalue weighted by molar-refractivity contribution is 0.0686. The Morgan fingerprint density at radius 2 is 0.629 bits per heavy atom. The number of aromatic carboxylic acids is 1. The number of carbonyl (C=O) groups is 3. The number of benzene rings is 3. The van der Waals surface area contributed by atoms with Crippen LogP contribution in [0.5, 0.6) is 17.2 Å². The number of nitrogens with one attached hydrogen (secondary N) is 2. The summed E-state index contributed by atoms with van der Waals surface area (Å²) in [5.41, 5.74) is 1.66. The van der Waals surface area contributed by atoms with Crippen LogP contribution in [-0.2, 0) is 12.8 Å². The second-order valence-electron chi connectivity index (χ2n) is 19.5. The minimum Gasteiger partial charge on any atom is -0.492 e. The number of hydrogen-bond acceptors (Lipinski definition) is 6. The van der Waals surface area contributed by atoms with Crippen molar-refractivity contribution in [2.24, 2.45) is 0 Å². The molecule has 3 aromatic carbocycles. The lowest BCUT2D eigenvalue weighted by atomic mass is 9.97. The fourth-order valence-electron chi connectivity index (χ4n) is 9.12. The summed E-state index contributed by atoms with van der Waals surface area (Å²) in [6.45, 7) is 7.95. The van der Waals surface area contributed by atoms with Crippen molar-refractivity contribution in [3.63, 3.8) is 0 Å². The summed E-state index contributed by atoms with van der Waals surface area (Å²) >= 11 is 0. The third-order valence-corrected chi connectivity index (χ3v) is 13.3. The zero-order valence-corrected chi connectivity index (χ0v) is 44.3. The number of ether oxygens (including phenoxy) is 3. The molecule has 392 valence electrons. The SMILES string of the molecule is CCCCCCCCCCCCOc1c(C(=O)O)c(OCCCCCCCCCCCC)c(C(=O)NCCc2ccccc2)c(OCCCCCCCCCCCC)c1C(=O)NCCc1ccccc1. The summed E-state index contributed by atoms with van der Waals surface area (Å²) in [6, 6.07) is 19.8. The zero-order valence-electron chi connectivity index (χ0n) is 44.3. The number of unbranched alkanes of at least 4 members (excludes halogenated alkanes) is 27. The van der Waals surface area contributed by atoms with E-state index in [2.05, 4.69) is 31.4 Å². The van der Waals surface area contributed by atoms with Crippen molar-refractivity contribution in [2.45, 2.75) is 226 Å². The first-order valence-corrected chi connectivity index (χ1v) is 28.4. The van der Waals surface area contributed by atoms with Crippen LogP contribution < -0.4 is 24.8 Å². The predicted molar refractivity (Wildman–Crippen MR) is 290 cm³/mol. The summed E-state index contributed by atoms with van der Waals surface area (Å²) in [7, 11) is 0. The lowest BCUT2D eigenvalue weighted by Crippen LogP contribution is -2.31. The van der Waals surface area contributed by atoms with E-state index < -0.39 is 17.8 Å². The molecule has 0 aromatic heterocycles. The fraction of sp³-hybridized carbons (Fsp3) is 0.656. The molecule has 0 atom stereocenters. The van der Waals surface area contributed by atoms with Crippen molar-refractivity contribution in [2.75, 3.05) is 32.9 Å². The molecule has 3 N–H and O–H groups in total. The van der Waals surface area contributed by atoms with Crippen molar-refractivity contribution < 1.29 is 33.7 Å². The van der Waals surface area contributed by atoms with Crippen LogP contribution in [0.2, 0.25) is 0 Å². The van der Waals surface area contributed by atoms with Crippen LogP contribution >= 0.6 is 0 Å². The largest absolute Gasteiger partial charge is 0.492 e. The minimum absolute atomic E-state index is 0.0199. The van der Waals surface area contributed by atoms with Gasteiger partial charge in [-0.2, -0.15) is 0 Å². The normalized spacial score (nSPS) is 11.1. The molecule has 3 aromatic rings. The van der Waals surface area contributed by atoms with E-state index in [1.807, 2.05) is 60.7 Å². The molecule has 2 amide bonds. The number of rotatable bonds is 45. The molecule has 70 heavy (non-hydrogen) atoms. The molecule has 0 unspecified atom stereocenters. The maximum Gasteiger partial charge on any atom is 0.343 e. The second kappa shape index (κ2) is 40.1. The Morgan fingerprint density at radius 1 is 0.371 bits per heavy atom. The van der Waals surface area contributed by atoms with Crippen molar-refractivity contribution in [1.29, 1.82) is 0 Å². The van der Waals surface area contributed by atoms with Gasteiger partial charge in [0.25, 0.3) is 11.8 Å². The summed E-state index contributed by atoms with van der Waals surface area (Å²) in [6.07, 6.45) is 35.3. The molecule has 0 bridgehead atoms. The van der Waals surface area contributed by atoms with Gasteiger partial charge in [-0.25, -0.2) is 4.79 Å². The molecule has 0 aliphatic heterocycles. The second-order valence-corrected chi connectivity index (χ2v) is 19.5. The Morgan fingerprint density at radius 3 is 0.900 bits per heavy atom. The van der Waals surface area contributed by atoms with Crippen LogP contribution in [0, 0.1) is 0 Å². The van der Waals surface area contributed by atoms with Crippen LogP contribution in [0.4, 0.5) is 0 Å². The Hall–Kier alpha value is -4.53. The van der Waals surface area contributed by atoms with E-state index in [9.17, 15) is 19.5 Å². The van der Waals surface area contributed by atoms with Gasteiger partial charge < -0.3 is 30.0 Å². The van der Waals surface area contributed by atoms with Gasteiger partial charge in [-0.3, -0.25) is 9.59 Å². The minimum atomic E-state index is -1.32. The highest BCUT2D eigenvalue weighted by Crippen LogP contribution is 2.45. The molecule has 9 heteroatoms. The van der Waals surface area contributed by atoms with Gasteiger partial charge in [0.2, 0.25) is 0 Å². The van der Waals surface area contributed by atoms with E-state index in [1.165, 1.54) is 116 Å². The quantitative estimate of drug-likeness (QED) is 0.0482. The van der Waals surface area contributed by atoms with E-state index in [-0.39, 0.29) is 66.8 Å². The first-order valence-electron chi connectivity index (χ1n) is 28.4. The van der Waals surface area contributed by atoms with Gasteiger partial charge in [-0.05, 0) is 43.2 Å². The molecule has 9 nitrogen and oxygen atoms in total. The molecular formula is C61H96N2O7. The topological polar surface area (TPSA) is 123 Å². The molecule has 0 fully saturated rings. The van der Waals surface area contributed by atoms with Gasteiger partial charge in [0.1, 0.15) is 16.7 Å². The Kier molecular flexibility index (Phi) is 34.3. The van der Waals surface area contributed by atoms with Gasteiger partial charge in [0.15, 0.2) is 17.2 Å². The first kappa shape index (κ1) is 59.8. The maximum atomic E-state index is 14.8. The molecule has 0 aliphatic rings. The van der Waals surface area contributed by atoms with E-state index in [0.717, 1.165) is 68.9 Å². The van der Waals surface area contributed by atoms with Crippen LogP contribution in [0.25, 0.3) is 0 Å². The molecule has 0 saturated carbocycles. The third kappa shape index (κ3) is 25.5. The highest BCUT2D eigenvalue weighted by Gasteiger charge is 2.37. The van der Waals surface area contributed by atoms with E-state index in [0.29, 0.717) is 32.1 Å². The average Bonchev–Trinajstić information content (AvgIpc) is 3.36. The number of hydrogen-bond donors (Lipinski definition) is 3. The average molecular weight is 969 g/mol. The van der Waals surface area contributed by atoms with Gasteiger partial charge in [0.05, 0.1) is 19.8 Å². The van der Waals surface area contributed by atoms with Gasteiger partial charge in [-0.1, -0.05) is 255 Å². The molecule has 0 aliphatic carbocycles. The van der Waals surface area contributed by atoms with Crippen LogP contribution in [0.15, 0.2) is 60.7 Å². The fourth-order valence-corrected chi connectivity index (χ4v) is 9.12. The summed E-state index contributed by atoms with van der Waals surface area (Å²) in [5, 5.41) is 17.3. The summed E-state index contributed by atoms with van der Waals surface area (Å²) in [5.74, 6) is -2.60. The summed E-state index contributed by atoms with van der Waals surface area (Å²) < 4.78 is 19.7. The highest BCUT2D eigenvalue weighted by molar-refractivity contribution is 6.12. The number of carboxylic acids is 1. The summed E-state index contributed by atoms with van der Waals surface area (Å²) in [4.78, 5) is 43.2. The lowest BCUT2D eigenvalue weighted by Gasteiger charge is -2.24. The monoisotopic (exact) mass is 969 g/mol. The van der Waals surface area contributed by atoms with Gasteiger partial charge in [0, 0.05) is 13.1 Å². The third-order valence-electron chi connectivity index (χ3n) is 13.3. The van der Waals surface area contributed by atoms with Crippen LogP contribution in [-0.4, -0.2) is 55.8 Å². The number of carboxylic acid groups (broad SMARTS) is 1. The molecule has 3 rings (SSSR count). The van der Waals surface area contributed by atoms with Crippen molar-refractivity contribution in [1.82, 2.24) is 10.6 Å². The van der Waals surface area contributed by atoms with Gasteiger partial charge in [-0.15, -0.1) is 0 Å². The number of amides is 2. The smallest absolute Gasteiger partial charge is 0.343 e. The van der Waals surface area contributed by atoms with Crippen LogP contribution in [0.1, 0.15) is 256 Å². The Balaban J connectivity index is 2.00. The molecule has 0 saturated heterocycles. The number of carbonyl (C=O) groups excluding carboxylic acids is 2.